The molecular formula is C10H10FN3O2S. The molecule has 17 heavy (non-hydrogen) atoms. The van der Waals surface area contributed by atoms with Crippen molar-refractivity contribution in [1.29, 1.82) is 0 Å². The van der Waals surface area contributed by atoms with Crippen molar-refractivity contribution in [3.05, 3.63) is 46.8 Å². The van der Waals surface area contributed by atoms with Crippen LogP contribution < -0.4 is 10.6 Å². The standard InChI is InChI=1S/C10H10FN3O2S/c1-2-5-12-10(17)13-7-3-4-8(11)9(6-7)14(15)16/h2-4,6H,1,5H2,(H2,12,13,17). The van der Waals surface area contributed by atoms with Gasteiger partial charge >= 0.3 is 5.69 Å². The molecule has 0 fully saturated rings. The molecule has 0 saturated carbocycles. The van der Waals surface area contributed by atoms with E-state index in [0.717, 1.165) is 12.1 Å². The topological polar surface area (TPSA) is 67.2 Å². The van der Waals surface area contributed by atoms with Gasteiger partial charge in [-0.3, -0.25) is 10.1 Å². The van der Waals surface area contributed by atoms with E-state index >= 15 is 0 Å². The summed E-state index contributed by atoms with van der Waals surface area (Å²) in [4.78, 5) is 9.72. The Labute approximate surface area is 102 Å². The van der Waals surface area contributed by atoms with E-state index in [0.29, 0.717) is 12.2 Å². The third-order valence-corrected chi connectivity index (χ3v) is 2.05. The molecule has 0 unspecified atom stereocenters. The predicted octanol–water partition coefficient (Wildman–Crippen LogP) is 2.21. The molecule has 5 nitrogen and oxygen atoms in total. The summed E-state index contributed by atoms with van der Waals surface area (Å²) in [5, 5.41) is 16.3. The number of nitro groups is 1. The molecule has 1 aromatic rings. The molecule has 0 saturated heterocycles. The van der Waals surface area contributed by atoms with Crippen molar-refractivity contribution in [3.63, 3.8) is 0 Å². The second-order valence-electron chi connectivity index (χ2n) is 3.05. The van der Waals surface area contributed by atoms with Gasteiger partial charge in [-0.25, -0.2) is 0 Å². The molecular weight excluding hydrogens is 245 g/mol. The average Bonchev–Trinajstić information content (AvgIpc) is 2.28. The van der Waals surface area contributed by atoms with Gasteiger partial charge in [-0.05, 0) is 24.4 Å². The second-order valence-corrected chi connectivity index (χ2v) is 3.46. The Kier molecular flexibility index (Phi) is 4.53. The van der Waals surface area contributed by atoms with E-state index < -0.39 is 16.4 Å². The fourth-order valence-electron chi connectivity index (χ4n) is 1.07. The largest absolute Gasteiger partial charge is 0.359 e. The number of halogens is 1. The summed E-state index contributed by atoms with van der Waals surface area (Å²) in [6.45, 7) is 3.97. The highest BCUT2D eigenvalue weighted by molar-refractivity contribution is 7.80. The number of benzene rings is 1. The zero-order valence-electron chi connectivity index (χ0n) is 8.77. The maximum atomic E-state index is 13.0. The van der Waals surface area contributed by atoms with Crippen LogP contribution in [0.1, 0.15) is 0 Å². The summed E-state index contributed by atoms with van der Waals surface area (Å²) >= 11 is 4.91. The maximum absolute atomic E-state index is 13.0. The summed E-state index contributed by atoms with van der Waals surface area (Å²) < 4.78 is 13.0. The molecule has 1 rings (SSSR count). The van der Waals surface area contributed by atoms with Gasteiger partial charge in [0.25, 0.3) is 0 Å². The Balaban J connectivity index is 2.79. The minimum Gasteiger partial charge on any atom is -0.359 e. The van der Waals surface area contributed by atoms with Crippen LogP contribution >= 0.6 is 12.2 Å². The van der Waals surface area contributed by atoms with E-state index in [9.17, 15) is 14.5 Å². The van der Waals surface area contributed by atoms with Gasteiger partial charge in [0, 0.05) is 18.3 Å². The zero-order valence-corrected chi connectivity index (χ0v) is 9.59. The molecule has 7 heteroatoms. The number of nitro benzene ring substituents is 1. The average molecular weight is 255 g/mol. The van der Waals surface area contributed by atoms with Gasteiger partial charge in [-0.1, -0.05) is 6.08 Å². The Hall–Kier alpha value is -2.02. The summed E-state index contributed by atoms with van der Waals surface area (Å²) in [5.41, 5.74) is -0.249. The molecule has 0 bridgehead atoms. The Bertz CT molecular complexity index is 465. The number of thiocarbonyl (C=S) groups is 1. The van der Waals surface area contributed by atoms with Crippen LogP contribution in [0.2, 0.25) is 0 Å². The molecule has 0 radical (unpaired) electrons. The van der Waals surface area contributed by atoms with Gasteiger partial charge in [-0.15, -0.1) is 6.58 Å². The Morgan fingerprint density at radius 2 is 2.35 bits per heavy atom. The van der Waals surface area contributed by atoms with Crippen LogP contribution in [-0.4, -0.2) is 16.6 Å². The van der Waals surface area contributed by atoms with Crippen LogP contribution in [0.4, 0.5) is 15.8 Å². The van der Waals surface area contributed by atoms with Crippen LogP contribution in [0, 0.1) is 15.9 Å². The lowest BCUT2D eigenvalue weighted by molar-refractivity contribution is -0.387. The molecule has 0 aliphatic rings. The first kappa shape index (κ1) is 13.0. The third kappa shape index (κ3) is 3.80. The van der Waals surface area contributed by atoms with Crippen molar-refractivity contribution < 1.29 is 9.31 Å². The van der Waals surface area contributed by atoms with Gasteiger partial charge in [-0.2, -0.15) is 4.39 Å². The molecule has 0 spiro atoms. The van der Waals surface area contributed by atoms with Crippen LogP contribution in [0.5, 0.6) is 0 Å². The molecule has 0 amide bonds. The molecule has 0 atom stereocenters. The number of nitrogens with one attached hydrogen (secondary N) is 2. The third-order valence-electron chi connectivity index (χ3n) is 1.81. The fourth-order valence-corrected chi connectivity index (χ4v) is 1.27. The van der Waals surface area contributed by atoms with E-state index in [1.807, 2.05) is 0 Å². The van der Waals surface area contributed by atoms with Crippen molar-refractivity contribution in [2.45, 2.75) is 0 Å². The van der Waals surface area contributed by atoms with Crippen LogP contribution in [0.15, 0.2) is 30.9 Å². The highest BCUT2D eigenvalue weighted by Gasteiger charge is 2.14. The van der Waals surface area contributed by atoms with Crippen molar-refractivity contribution in [3.8, 4) is 0 Å². The Morgan fingerprint density at radius 1 is 1.65 bits per heavy atom. The summed E-state index contributed by atoms with van der Waals surface area (Å²) in [5.74, 6) is -0.884. The first-order chi connectivity index (χ1) is 8.04. The van der Waals surface area contributed by atoms with E-state index in [2.05, 4.69) is 17.2 Å². The lowest BCUT2D eigenvalue weighted by Gasteiger charge is -2.08. The van der Waals surface area contributed by atoms with Crippen LogP contribution in [0.3, 0.4) is 0 Å². The van der Waals surface area contributed by atoms with Gasteiger partial charge in [0.05, 0.1) is 4.92 Å². The van der Waals surface area contributed by atoms with E-state index in [1.54, 1.807) is 6.08 Å². The predicted molar refractivity (Wildman–Crippen MR) is 67.5 cm³/mol. The minimum atomic E-state index is -0.884. The fraction of sp³-hybridized carbons (Fsp3) is 0.100. The lowest BCUT2D eigenvalue weighted by atomic mass is 10.2. The highest BCUT2D eigenvalue weighted by Crippen LogP contribution is 2.21. The highest BCUT2D eigenvalue weighted by atomic mass is 32.1. The normalized spacial score (nSPS) is 9.47. The SMILES string of the molecule is C=CCNC(=S)Nc1ccc(F)c([N+](=O)[O-])c1. The quantitative estimate of drug-likeness (QED) is 0.373. The summed E-state index contributed by atoms with van der Waals surface area (Å²) in [6.07, 6.45) is 1.61. The van der Waals surface area contributed by atoms with Crippen molar-refractivity contribution in [1.82, 2.24) is 5.32 Å². The van der Waals surface area contributed by atoms with Gasteiger partial charge in [0.1, 0.15) is 0 Å². The lowest BCUT2D eigenvalue weighted by Crippen LogP contribution is -2.28. The van der Waals surface area contributed by atoms with E-state index in [-0.39, 0.29) is 5.11 Å². The molecule has 0 aliphatic heterocycles. The monoisotopic (exact) mass is 255 g/mol. The molecule has 0 aromatic heterocycles. The molecule has 2 N–H and O–H groups in total. The van der Waals surface area contributed by atoms with Gasteiger partial charge in [0.15, 0.2) is 5.11 Å². The van der Waals surface area contributed by atoms with E-state index in [4.69, 9.17) is 12.2 Å². The van der Waals surface area contributed by atoms with Crippen molar-refractivity contribution in [2.24, 2.45) is 0 Å². The molecule has 0 aliphatic carbocycles. The van der Waals surface area contributed by atoms with E-state index in [1.165, 1.54) is 6.07 Å². The number of hydrogen-bond acceptors (Lipinski definition) is 3. The first-order valence-corrected chi connectivity index (χ1v) is 5.05. The zero-order chi connectivity index (χ0) is 12.8. The summed E-state index contributed by atoms with van der Waals surface area (Å²) in [6, 6.07) is 3.46. The number of hydrogen-bond donors (Lipinski definition) is 2. The number of nitrogens with zero attached hydrogens (tertiary/aromatic N) is 1. The van der Waals surface area contributed by atoms with Crippen molar-refractivity contribution >= 4 is 28.7 Å². The molecule has 90 valence electrons. The van der Waals surface area contributed by atoms with Crippen molar-refractivity contribution in [2.75, 3.05) is 11.9 Å². The van der Waals surface area contributed by atoms with Crippen LogP contribution in [-0.2, 0) is 0 Å². The first-order valence-electron chi connectivity index (χ1n) is 4.64. The minimum absolute atomic E-state index is 0.283. The Morgan fingerprint density at radius 3 is 2.94 bits per heavy atom. The smallest absolute Gasteiger partial charge is 0.306 e. The summed E-state index contributed by atoms with van der Waals surface area (Å²) in [7, 11) is 0. The molecule has 0 heterocycles. The van der Waals surface area contributed by atoms with Gasteiger partial charge < -0.3 is 10.6 Å². The molecule has 1 aromatic carbocycles. The van der Waals surface area contributed by atoms with Crippen LogP contribution in [0.25, 0.3) is 0 Å². The maximum Gasteiger partial charge on any atom is 0.306 e. The second kappa shape index (κ2) is 5.90. The van der Waals surface area contributed by atoms with Gasteiger partial charge in [0.2, 0.25) is 5.82 Å². The number of rotatable bonds is 4. The number of anilines is 1.